The Hall–Kier alpha value is -2.00. The van der Waals surface area contributed by atoms with Crippen molar-refractivity contribution >= 4 is 23.3 Å². The van der Waals surface area contributed by atoms with Crippen molar-refractivity contribution in [1.82, 2.24) is 0 Å². The van der Waals surface area contributed by atoms with Gasteiger partial charge in [-0.25, -0.2) is 4.79 Å². The highest BCUT2D eigenvalue weighted by Crippen LogP contribution is 2.26. The van der Waals surface area contributed by atoms with Crippen LogP contribution in [0.2, 0.25) is 5.02 Å². The Morgan fingerprint density at radius 2 is 1.67 bits per heavy atom. The summed E-state index contributed by atoms with van der Waals surface area (Å²) >= 11 is 5.83. The van der Waals surface area contributed by atoms with E-state index in [0.29, 0.717) is 16.3 Å². The third-order valence-electron chi connectivity index (χ3n) is 3.59. The zero-order valence-electron chi connectivity index (χ0n) is 11.6. The zero-order chi connectivity index (χ0) is 14.7. The second-order valence-electron chi connectivity index (χ2n) is 5.05. The van der Waals surface area contributed by atoms with Gasteiger partial charge in [-0.3, -0.25) is 0 Å². The number of benzene rings is 2. The summed E-state index contributed by atoms with van der Waals surface area (Å²) in [5.74, 6) is 0.167. The molecule has 1 fully saturated rings. The van der Waals surface area contributed by atoms with E-state index in [1.165, 1.54) is 12.8 Å². The average Bonchev–Trinajstić information content (AvgIpc) is 3.04. The van der Waals surface area contributed by atoms with Crippen molar-refractivity contribution in [2.75, 3.05) is 18.0 Å². The van der Waals surface area contributed by atoms with Gasteiger partial charge in [0.1, 0.15) is 5.75 Å². The van der Waals surface area contributed by atoms with Gasteiger partial charge in [-0.2, -0.15) is 0 Å². The summed E-state index contributed by atoms with van der Waals surface area (Å²) in [4.78, 5) is 14.6. The van der Waals surface area contributed by atoms with Crippen molar-refractivity contribution in [3.63, 3.8) is 0 Å². The third kappa shape index (κ3) is 3.19. The average molecular weight is 302 g/mol. The summed E-state index contributed by atoms with van der Waals surface area (Å²) < 4.78 is 5.43. The van der Waals surface area contributed by atoms with E-state index in [9.17, 15) is 4.79 Å². The molecule has 2 aromatic carbocycles. The predicted molar refractivity (Wildman–Crippen MR) is 84.3 cm³/mol. The molecule has 0 atom stereocenters. The first kappa shape index (κ1) is 14.0. The molecule has 3 nitrogen and oxygen atoms in total. The summed E-state index contributed by atoms with van der Waals surface area (Å²) in [7, 11) is 0. The molecule has 0 aliphatic carbocycles. The van der Waals surface area contributed by atoms with E-state index in [0.717, 1.165) is 18.8 Å². The molecule has 1 heterocycles. The molecule has 21 heavy (non-hydrogen) atoms. The van der Waals surface area contributed by atoms with Gasteiger partial charge in [0.05, 0.1) is 11.3 Å². The van der Waals surface area contributed by atoms with E-state index in [1.807, 2.05) is 24.3 Å². The number of rotatable bonds is 3. The van der Waals surface area contributed by atoms with Crippen molar-refractivity contribution in [1.29, 1.82) is 0 Å². The number of nitrogens with zero attached hydrogens (tertiary/aromatic N) is 1. The molecular weight excluding hydrogens is 286 g/mol. The highest BCUT2D eigenvalue weighted by Gasteiger charge is 2.20. The summed E-state index contributed by atoms with van der Waals surface area (Å²) in [6, 6.07) is 14.4. The molecule has 4 heteroatoms. The smallest absolute Gasteiger partial charge is 0.345 e. The summed E-state index contributed by atoms with van der Waals surface area (Å²) in [5.41, 5.74) is 1.56. The van der Waals surface area contributed by atoms with Crippen molar-refractivity contribution in [2.24, 2.45) is 0 Å². The van der Waals surface area contributed by atoms with E-state index in [-0.39, 0.29) is 5.97 Å². The summed E-state index contributed by atoms with van der Waals surface area (Å²) in [5, 5.41) is 0.618. The molecular formula is C17H16ClNO2. The maximum absolute atomic E-state index is 12.4. The fourth-order valence-corrected chi connectivity index (χ4v) is 2.67. The first-order chi connectivity index (χ1) is 10.2. The van der Waals surface area contributed by atoms with Crippen LogP contribution in [0.1, 0.15) is 23.2 Å². The minimum absolute atomic E-state index is 0.333. The lowest BCUT2D eigenvalue weighted by molar-refractivity contribution is 0.0735. The minimum atomic E-state index is -0.333. The molecule has 1 aliphatic heterocycles. The standard InChI is InChI=1S/C17H16ClNO2/c18-13-7-9-14(10-8-13)21-17(20)15-5-1-2-6-16(15)19-11-3-4-12-19/h1-2,5-10H,3-4,11-12H2. The molecule has 108 valence electrons. The van der Waals surface area contributed by atoms with E-state index >= 15 is 0 Å². The summed E-state index contributed by atoms with van der Waals surface area (Å²) in [6.45, 7) is 1.98. The van der Waals surface area contributed by atoms with Gasteiger partial charge >= 0.3 is 5.97 Å². The minimum Gasteiger partial charge on any atom is -0.423 e. The van der Waals surface area contributed by atoms with Crippen LogP contribution in [0.3, 0.4) is 0 Å². The molecule has 2 aromatic rings. The Bertz CT molecular complexity index is 633. The quantitative estimate of drug-likeness (QED) is 0.630. The molecule has 3 rings (SSSR count). The van der Waals surface area contributed by atoms with E-state index in [1.54, 1.807) is 24.3 Å². The van der Waals surface area contributed by atoms with Crippen molar-refractivity contribution in [2.45, 2.75) is 12.8 Å². The maximum Gasteiger partial charge on any atom is 0.345 e. The number of carbonyl (C=O) groups excluding carboxylic acids is 1. The lowest BCUT2D eigenvalue weighted by atomic mass is 10.1. The SMILES string of the molecule is O=C(Oc1ccc(Cl)cc1)c1ccccc1N1CCCC1. The second-order valence-corrected chi connectivity index (χ2v) is 5.49. The molecule has 0 radical (unpaired) electrons. The Kier molecular flexibility index (Phi) is 4.11. The molecule has 0 aromatic heterocycles. The van der Waals surface area contributed by atoms with Crippen LogP contribution in [-0.2, 0) is 0 Å². The lowest BCUT2D eigenvalue weighted by Crippen LogP contribution is -2.22. The maximum atomic E-state index is 12.4. The van der Waals surface area contributed by atoms with Crippen LogP contribution in [0.5, 0.6) is 5.75 Å². The first-order valence-electron chi connectivity index (χ1n) is 7.06. The van der Waals surface area contributed by atoms with Crippen LogP contribution >= 0.6 is 11.6 Å². The number of carbonyl (C=O) groups is 1. The van der Waals surface area contributed by atoms with Gasteiger partial charge in [-0.15, -0.1) is 0 Å². The fourth-order valence-electron chi connectivity index (χ4n) is 2.54. The van der Waals surface area contributed by atoms with Crippen molar-refractivity contribution in [3.05, 3.63) is 59.1 Å². The highest BCUT2D eigenvalue weighted by atomic mass is 35.5. The Labute approximate surface area is 129 Å². The van der Waals surface area contributed by atoms with E-state index in [2.05, 4.69) is 4.90 Å². The van der Waals surface area contributed by atoms with Gasteiger partial charge in [-0.1, -0.05) is 23.7 Å². The van der Waals surface area contributed by atoms with Gasteiger partial charge in [0.25, 0.3) is 0 Å². The van der Waals surface area contributed by atoms with Crippen molar-refractivity contribution in [3.8, 4) is 5.75 Å². The Morgan fingerprint density at radius 3 is 2.38 bits per heavy atom. The Balaban J connectivity index is 1.82. The number of ether oxygens (including phenoxy) is 1. The van der Waals surface area contributed by atoms with Gasteiger partial charge < -0.3 is 9.64 Å². The van der Waals surface area contributed by atoms with Crippen LogP contribution in [0.15, 0.2) is 48.5 Å². The van der Waals surface area contributed by atoms with Crippen LogP contribution in [-0.4, -0.2) is 19.1 Å². The van der Waals surface area contributed by atoms with Crippen LogP contribution in [0.4, 0.5) is 5.69 Å². The number of esters is 1. The normalized spacial score (nSPS) is 14.2. The molecule has 1 saturated heterocycles. The number of halogens is 1. The molecule has 0 bridgehead atoms. The van der Waals surface area contributed by atoms with E-state index in [4.69, 9.17) is 16.3 Å². The van der Waals surface area contributed by atoms with Gasteiger partial charge in [0, 0.05) is 18.1 Å². The molecule has 0 spiro atoms. The van der Waals surface area contributed by atoms with Crippen LogP contribution in [0.25, 0.3) is 0 Å². The highest BCUT2D eigenvalue weighted by molar-refractivity contribution is 6.30. The van der Waals surface area contributed by atoms with Gasteiger partial charge in [0.15, 0.2) is 0 Å². The molecule has 0 unspecified atom stereocenters. The van der Waals surface area contributed by atoms with Crippen LogP contribution < -0.4 is 9.64 Å². The number of para-hydroxylation sites is 1. The Morgan fingerprint density at radius 1 is 1.00 bits per heavy atom. The number of hydrogen-bond acceptors (Lipinski definition) is 3. The van der Waals surface area contributed by atoms with Gasteiger partial charge in [-0.05, 0) is 49.2 Å². The predicted octanol–water partition coefficient (Wildman–Crippen LogP) is 4.16. The molecule has 0 amide bonds. The zero-order valence-corrected chi connectivity index (χ0v) is 12.3. The molecule has 0 N–H and O–H groups in total. The van der Waals surface area contributed by atoms with Gasteiger partial charge in [0.2, 0.25) is 0 Å². The fraction of sp³-hybridized carbons (Fsp3) is 0.235. The monoisotopic (exact) mass is 301 g/mol. The second kappa shape index (κ2) is 6.19. The first-order valence-corrected chi connectivity index (χ1v) is 7.43. The third-order valence-corrected chi connectivity index (χ3v) is 3.85. The molecule has 1 aliphatic rings. The number of hydrogen-bond donors (Lipinski definition) is 0. The molecule has 0 saturated carbocycles. The summed E-state index contributed by atoms with van der Waals surface area (Å²) in [6.07, 6.45) is 2.33. The van der Waals surface area contributed by atoms with Crippen molar-refractivity contribution < 1.29 is 9.53 Å². The lowest BCUT2D eigenvalue weighted by Gasteiger charge is -2.20. The van der Waals surface area contributed by atoms with Crippen LogP contribution in [0, 0.1) is 0 Å². The topological polar surface area (TPSA) is 29.5 Å². The number of anilines is 1. The van der Waals surface area contributed by atoms with E-state index < -0.39 is 0 Å². The largest absolute Gasteiger partial charge is 0.423 e.